The molecular weight excluding hydrogens is 358 g/mol. The first kappa shape index (κ1) is 20.6. The van der Waals surface area contributed by atoms with Crippen molar-refractivity contribution in [3.05, 3.63) is 65.7 Å². The zero-order valence-electron chi connectivity index (χ0n) is 15.7. The van der Waals surface area contributed by atoms with Crippen LogP contribution in [0, 0.1) is 11.3 Å². The zero-order valence-corrected chi connectivity index (χ0v) is 15.7. The summed E-state index contributed by atoms with van der Waals surface area (Å²) in [5.41, 5.74) is 1.70. The van der Waals surface area contributed by atoms with E-state index in [2.05, 4.69) is 5.32 Å². The molecule has 0 spiro atoms. The molecule has 28 heavy (non-hydrogen) atoms. The summed E-state index contributed by atoms with van der Waals surface area (Å²) in [7, 11) is 1.66. The molecule has 0 aromatic heterocycles. The predicted octanol–water partition coefficient (Wildman–Crippen LogP) is 2.92. The number of nitrogens with one attached hydrogen (secondary N) is 1. The van der Waals surface area contributed by atoms with Gasteiger partial charge in [0.05, 0.1) is 17.7 Å². The minimum absolute atomic E-state index is 0.149. The van der Waals surface area contributed by atoms with Crippen LogP contribution in [0.4, 0.5) is 5.69 Å². The minimum atomic E-state index is -0.635. The van der Waals surface area contributed by atoms with Crippen molar-refractivity contribution in [1.29, 1.82) is 5.26 Å². The normalized spacial score (nSPS) is 11.0. The quantitative estimate of drug-likeness (QED) is 0.746. The maximum atomic E-state index is 12.3. The highest BCUT2D eigenvalue weighted by Crippen LogP contribution is 2.18. The lowest BCUT2D eigenvalue weighted by Crippen LogP contribution is -2.33. The number of nitriles is 1. The van der Waals surface area contributed by atoms with Crippen LogP contribution < -0.4 is 5.32 Å². The SMILES string of the molecule is CC(c1ccccc1)N(C)C(=O)COC(=O)c1ccc(NC(=O)CC#N)cc1. The second-order valence-corrected chi connectivity index (χ2v) is 6.13. The molecule has 0 bridgehead atoms. The smallest absolute Gasteiger partial charge is 0.338 e. The first-order chi connectivity index (χ1) is 13.4. The summed E-state index contributed by atoms with van der Waals surface area (Å²) in [6, 6.07) is 17.2. The van der Waals surface area contributed by atoms with E-state index in [0.29, 0.717) is 5.69 Å². The fraction of sp³-hybridized carbons (Fsp3) is 0.238. The van der Waals surface area contributed by atoms with Gasteiger partial charge in [0.1, 0.15) is 6.42 Å². The van der Waals surface area contributed by atoms with E-state index in [1.165, 1.54) is 29.2 Å². The lowest BCUT2D eigenvalue weighted by Gasteiger charge is -2.25. The number of esters is 1. The fourth-order valence-electron chi connectivity index (χ4n) is 2.45. The van der Waals surface area contributed by atoms with Gasteiger partial charge in [0.25, 0.3) is 5.91 Å². The van der Waals surface area contributed by atoms with Crippen molar-refractivity contribution in [2.24, 2.45) is 0 Å². The van der Waals surface area contributed by atoms with Crippen molar-refractivity contribution in [2.75, 3.05) is 19.0 Å². The Hall–Kier alpha value is -3.66. The number of benzene rings is 2. The van der Waals surface area contributed by atoms with Crippen molar-refractivity contribution in [3.63, 3.8) is 0 Å². The van der Waals surface area contributed by atoms with Crippen LogP contribution in [0.1, 0.15) is 35.3 Å². The molecule has 0 saturated carbocycles. The molecule has 144 valence electrons. The fourth-order valence-corrected chi connectivity index (χ4v) is 2.45. The van der Waals surface area contributed by atoms with Crippen LogP contribution in [0.25, 0.3) is 0 Å². The summed E-state index contributed by atoms with van der Waals surface area (Å²) in [4.78, 5) is 37.3. The van der Waals surface area contributed by atoms with Crippen molar-refractivity contribution in [1.82, 2.24) is 4.90 Å². The Bertz CT molecular complexity index is 873. The maximum Gasteiger partial charge on any atom is 0.338 e. The standard InChI is InChI=1S/C21H21N3O4/c1-15(16-6-4-3-5-7-16)24(2)20(26)14-28-21(27)17-8-10-18(11-9-17)23-19(25)12-13-22/h3-11,15H,12,14H2,1-2H3,(H,23,25). The Kier molecular flexibility index (Phi) is 7.28. The molecule has 0 aliphatic heterocycles. The predicted molar refractivity (Wildman–Crippen MR) is 103 cm³/mol. The van der Waals surface area contributed by atoms with E-state index in [1.807, 2.05) is 37.3 Å². The van der Waals surface area contributed by atoms with Gasteiger partial charge in [0, 0.05) is 12.7 Å². The van der Waals surface area contributed by atoms with Gasteiger partial charge in [0.2, 0.25) is 5.91 Å². The molecule has 1 N–H and O–H groups in total. The van der Waals surface area contributed by atoms with E-state index in [9.17, 15) is 14.4 Å². The summed E-state index contributed by atoms with van der Waals surface area (Å²) < 4.78 is 5.10. The highest BCUT2D eigenvalue weighted by atomic mass is 16.5. The molecule has 7 heteroatoms. The van der Waals surface area contributed by atoms with Gasteiger partial charge in [-0.15, -0.1) is 0 Å². The summed E-state index contributed by atoms with van der Waals surface area (Å²) >= 11 is 0. The first-order valence-electron chi connectivity index (χ1n) is 8.67. The minimum Gasteiger partial charge on any atom is -0.452 e. The van der Waals surface area contributed by atoms with Crippen LogP contribution in [0.15, 0.2) is 54.6 Å². The van der Waals surface area contributed by atoms with Crippen molar-refractivity contribution in [3.8, 4) is 6.07 Å². The van der Waals surface area contributed by atoms with Crippen LogP contribution >= 0.6 is 0 Å². The molecule has 7 nitrogen and oxygen atoms in total. The van der Waals surface area contributed by atoms with Gasteiger partial charge in [-0.3, -0.25) is 9.59 Å². The van der Waals surface area contributed by atoms with Crippen LogP contribution in [0.2, 0.25) is 0 Å². The van der Waals surface area contributed by atoms with Crippen LogP contribution in [0.3, 0.4) is 0 Å². The van der Waals surface area contributed by atoms with Gasteiger partial charge < -0.3 is 15.0 Å². The molecular formula is C21H21N3O4. The maximum absolute atomic E-state index is 12.3. The molecule has 1 atom stereocenters. The summed E-state index contributed by atoms with van der Waals surface area (Å²) in [5.74, 6) is -1.38. The Morgan fingerprint density at radius 1 is 1.11 bits per heavy atom. The molecule has 0 fully saturated rings. The monoisotopic (exact) mass is 379 g/mol. The third-order valence-corrected chi connectivity index (χ3v) is 4.23. The number of amides is 2. The topological polar surface area (TPSA) is 99.5 Å². The Morgan fingerprint density at radius 2 is 1.75 bits per heavy atom. The molecule has 2 aromatic carbocycles. The van der Waals surface area contributed by atoms with Gasteiger partial charge >= 0.3 is 5.97 Å². The molecule has 0 aliphatic carbocycles. The average Bonchev–Trinajstić information content (AvgIpc) is 2.72. The van der Waals surface area contributed by atoms with E-state index < -0.39 is 11.9 Å². The van der Waals surface area contributed by atoms with E-state index >= 15 is 0 Å². The molecule has 2 amide bonds. The molecule has 2 rings (SSSR count). The third-order valence-electron chi connectivity index (χ3n) is 4.23. The highest BCUT2D eigenvalue weighted by Gasteiger charge is 2.19. The average molecular weight is 379 g/mol. The molecule has 1 unspecified atom stereocenters. The Labute approximate surface area is 163 Å². The van der Waals surface area contributed by atoms with Gasteiger partial charge in [-0.1, -0.05) is 30.3 Å². The van der Waals surface area contributed by atoms with E-state index in [-0.39, 0.29) is 30.5 Å². The number of carbonyl (C=O) groups is 3. The number of anilines is 1. The number of ether oxygens (including phenoxy) is 1. The number of nitrogens with zero attached hydrogens (tertiary/aromatic N) is 2. The van der Waals surface area contributed by atoms with E-state index in [4.69, 9.17) is 10.00 Å². The summed E-state index contributed by atoms with van der Waals surface area (Å²) in [6.07, 6.45) is -0.249. The van der Waals surface area contributed by atoms with Gasteiger partial charge in [-0.2, -0.15) is 5.26 Å². The summed E-state index contributed by atoms with van der Waals surface area (Å²) in [5, 5.41) is 11.0. The number of hydrogen-bond acceptors (Lipinski definition) is 5. The van der Waals surface area contributed by atoms with Crippen molar-refractivity contribution in [2.45, 2.75) is 19.4 Å². The molecule has 0 radical (unpaired) electrons. The number of rotatable bonds is 7. The van der Waals surface area contributed by atoms with Crippen molar-refractivity contribution < 1.29 is 19.1 Å². The zero-order chi connectivity index (χ0) is 20.5. The lowest BCUT2D eigenvalue weighted by molar-refractivity contribution is -0.135. The van der Waals surface area contributed by atoms with Crippen molar-refractivity contribution >= 4 is 23.5 Å². The number of carbonyl (C=O) groups excluding carboxylic acids is 3. The number of likely N-dealkylation sites (N-methyl/N-ethyl adjacent to an activating group) is 1. The van der Waals surface area contributed by atoms with E-state index in [1.54, 1.807) is 13.1 Å². The second kappa shape index (κ2) is 9.88. The van der Waals surface area contributed by atoms with Crippen LogP contribution in [0.5, 0.6) is 0 Å². The largest absolute Gasteiger partial charge is 0.452 e. The number of hydrogen-bond donors (Lipinski definition) is 1. The molecule has 0 heterocycles. The molecule has 0 saturated heterocycles. The van der Waals surface area contributed by atoms with Gasteiger partial charge in [-0.05, 0) is 36.8 Å². The third kappa shape index (κ3) is 5.68. The second-order valence-electron chi connectivity index (χ2n) is 6.13. The summed E-state index contributed by atoms with van der Waals surface area (Å²) in [6.45, 7) is 1.53. The van der Waals surface area contributed by atoms with Crippen LogP contribution in [-0.4, -0.2) is 36.3 Å². The van der Waals surface area contributed by atoms with Gasteiger partial charge in [-0.25, -0.2) is 4.79 Å². The first-order valence-corrected chi connectivity index (χ1v) is 8.67. The molecule has 0 aliphatic rings. The molecule has 2 aromatic rings. The Morgan fingerprint density at radius 3 is 2.36 bits per heavy atom. The lowest BCUT2D eigenvalue weighted by atomic mass is 10.1. The highest BCUT2D eigenvalue weighted by molar-refractivity contribution is 5.94. The van der Waals surface area contributed by atoms with Crippen LogP contribution in [-0.2, 0) is 14.3 Å². The van der Waals surface area contributed by atoms with E-state index in [0.717, 1.165) is 5.56 Å². The van der Waals surface area contributed by atoms with Gasteiger partial charge in [0.15, 0.2) is 6.61 Å². The Balaban J connectivity index is 1.88.